The van der Waals surface area contributed by atoms with E-state index in [2.05, 4.69) is 20.3 Å². The summed E-state index contributed by atoms with van der Waals surface area (Å²) in [6.07, 6.45) is 4.47. The van der Waals surface area contributed by atoms with Crippen LogP contribution in [0.4, 0.5) is 5.95 Å². The average molecular weight is 270 g/mol. The number of amidine groups is 1. The number of nitrogens with one attached hydrogen (secondary N) is 1. The van der Waals surface area contributed by atoms with Gasteiger partial charge in [-0.25, -0.2) is 4.98 Å². The summed E-state index contributed by atoms with van der Waals surface area (Å²) < 4.78 is 5.00. The highest BCUT2D eigenvalue weighted by atomic mass is 35.5. The monoisotopic (exact) mass is 269 g/mol. The molecule has 18 heavy (non-hydrogen) atoms. The highest BCUT2D eigenvalue weighted by Crippen LogP contribution is 2.21. The summed E-state index contributed by atoms with van der Waals surface area (Å²) in [5.74, 6) is 1.21. The van der Waals surface area contributed by atoms with Crippen molar-refractivity contribution in [2.24, 2.45) is 10.7 Å². The lowest BCUT2D eigenvalue weighted by atomic mass is 10.4. The average Bonchev–Trinajstić information content (AvgIpc) is 2.31. The van der Waals surface area contributed by atoms with Crippen LogP contribution in [0.5, 0.6) is 5.88 Å². The lowest BCUT2D eigenvalue weighted by Gasteiger charge is -2.08. The van der Waals surface area contributed by atoms with E-state index in [-0.39, 0.29) is 6.04 Å². The van der Waals surface area contributed by atoms with Crippen LogP contribution >= 0.6 is 11.6 Å². The van der Waals surface area contributed by atoms with Gasteiger partial charge in [0.1, 0.15) is 10.9 Å². The zero-order chi connectivity index (χ0) is 13.5. The Bertz CT molecular complexity index is 459. The molecule has 0 atom stereocenters. The van der Waals surface area contributed by atoms with E-state index in [1.807, 2.05) is 13.8 Å². The van der Waals surface area contributed by atoms with Crippen molar-refractivity contribution < 1.29 is 4.74 Å². The largest absolute Gasteiger partial charge is 0.480 e. The quantitative estimate of drug-likeness (QED) is 0.643. The first-order chi connectivity index (χ1) is 8.56. The van der Waals surface area contributed by atoms with Gasteiger partial charge in [-0.1, -0.05) is 11.6 Å². The van der Waals surface area contributed by atoms with Gasteiger partial charge in [-0.05, 0) is 26.1 Å². The summed E-state index contributed by atoms with van der Waals surface area (Å²) in [5, 5.41) is 3.28. The number of ether oxygens (including phenoxy) is 1. The smallest absolute Gasteiger partial charge is 0.237 e. The number of hydrogen-bond donors (Lipinski definition) is 2. The first-order valence-electron chi connectivity index (χ1n) is 5.36. The Morgan fingerprint density at radius 2 is 2.33 bits per heavy atom. The Kier molecular flexibility index (Phi) is 5.38. The first-order valence-corrected chi connectivity index (χ1v) is 5.74. The molecule has 0 aliphatic heterocycles. The summed E-state index contributed by atoms with van der Waals surface area (Å²) in [4.78, 5) is 12.4. The predicted molar refractivity (Wildman–Crippen MR) is 73.1 cm³/mol. The van der Waals surface area contributed by atoms with Gasteiger partial charge in [0.15, 0.2) is 0 Å². The molecular formula is C11H16ClN5O. The standard InChI is InChI=1S/C11H16ClN5O/c1-7(2)15-9(4-5-13)16-11-14-6-8(12)10(17-11)18-3/h4-7H,13H2,1-3H3,(H,14,15,16,17). The van der Waals surface area contributed by atoms with Gasteiger partial charge in [0.05, 0.1) is 13.3 Å². The van der Waals surface area contributed by atoms with Crippen molar-refractivity contribution >= 4 is 23.4 Å². The number of aliphatic imine (C=N–C) groups is 1. The maximum Gasteiger partial charge on any atom is 0.237 e. The summed E-state index contributed by atoms with van der Waals surface area (Å²) in [5.41, 5.74) is 5.35. The van der Waals surface area contributed by atoms with Gasteiger partial charge >= 0.3 is 0 Å². The molecule has 7 heteroatoms. The van der Waals surface area contributed by atoms with Crippen molar-refractivity contribution in [2.45, 2.75) is 19.9 Å². The Balaban J connectivity index is 2.94. The molecule has 1 heterocycles. The van der Waals surface area contributed by atoms with Crippen LogP contribution in [-0.2, 0) is 0 Å². The van der Waals surface area contributed by atoms with Gasteiger partial charge in [-0.2, -0.15) is 4.98 Å². The van der Waals surface area contributed by atoms with Crippen molar-refractivity contribution in [3.8, 4) is 5.88 Å². The van der Waals surface area contributed by atoms with E-state index in [9.17, 15) is 0 Å². The number of rotatable bonds is 4. The van der Waals surface area contributed by atoms with E-state index in [0.29, 0.717) is 22.7 Å². The lowest BCUT2D eigenvalue weighted by molar-refractivity contribution is 0.398. The molecule has 0 saturated carbocycles. The molecule has 3 N–H and O–H groups in total. The maximum absolute atomic E-state index is 5.84. The van der Waals surface area contributed by atoms with Gasteiger partial charge < -0.3 is 15.8 Å². The molecule has 0 spiro atoms. The minimum absolute atomic E-state index is 0.123. The summed E-state index contributed by atoms with van der Waals surface area (Å²) in [6, 6.07) is 0.123. The minimum atomic E-state index is 0.123. The van der Waals surface area contributed by atoms with Crippen LogP contribution < -0.4 is 15.8 Å². The lowest BCUT2D eigenvalue weighted by Crippen LogP contribution is -2.14. The van der Waals surface area contributed by atoms with E-state index in [0.717, 1.165) is 0 Å². The van der Waals surface area contributed by atoms with Crippen LogP contribution in [0.25, 0.3) is 0 Å². The molecule has 0 aromatic carbocycles. The number of nitrogens with zero attached hydrogens (tertiary/aromatic N) is 3. The Labute approximate surface area is 111 Å². The highest BCUT2D eigenvalue weighted by molar-refractivity contribution is 6.31. The molecule has 0 aliphatic carbocycles. The molecular weight excluding hydrogens is 254 g/mol. The molecule has 1 aromatic rings. The van der Waals surface area contributed by atoms with Crippen LogP contribution in [0, 0.1) is 0 Å². The molecule has 0 amide bonds. The number of aromatic nitrogens is 2. The van der Waals surface area contributed by atoms with Crippen molar-refractivity contribution in [3.63, 3.8) is 0 Å². The molecule has 0 bridgehead atoms. The van der Waals surface area contributed by atoms with Gasteiger partial charge in [0.2, 0.25) is 11.8 Å². The zero-order valence-electron chi connectivity index (χ0n) is 10.5. The molecule has 98 valence electrons. The highest BCUT2D eigenvalue weighted by Gasteiger charge is 2.06. The Hall–Kier alpha value is -1.82. The molecule has 0 unspecified atom stereocenters. The molecule has 0 radical (unpaired) electrons. The second kappa shape index (κ2) is 6.80. The predicted octanol–water partition coefficient (Wildman–Crippen LogP) is 1.83. The van der Waals surface area contributed by atoms with Crippen LogP contribution in [-0.4, -0.2) is 29.0 Å². The van der Waals surface area contributed by atoms with E-state index in [1.165, 1.54) is 19.5 Å². The maximum atomic E-state index is 5.84. The summed E-state index contributed by atoms with van der Waals surface area (Å²) in [6.45, 7) is 3.91. The van der Waals surface area contributed by atoms with Crippen LogP contribution in [0.15, 0.2) is 23.5 Å². The zero-order valence-corrected chi connectivity index (χ0v) is 11.3. The van der Waals surface area contributed by atoms with Crippen molar-refractivity contribution in [1.82, 2.24) is 9.97 Å². The number of hydrogen-bond acceptors (Lipinski definition) is 5. The third-order valence-electron chi connectivity index (χ3n) is 1.80. The minimum Gasteiger partial charge on any atom is -0.480 e. The summed E-state index contributed by atoms with van der Waals surface area (Å²) in [7, 11) is 1.49. The molecule has 1 rings (SSSR count). The van der Waals surface area contributed by atoms with Crippen molar-refractivity contribution in [3.05, 3.63) is 23.5 Å². The molecule has 0 fully saturated rings. The number of methoxy groups -OCH3 is 1. The molecule has 6 nitrogen and oxygen atoms in total. The van der Waals surface area contributed by atoms with E-state index < -0.39 is 0 Å². The third-order valence-corrected chi connectivity index (χ3v) is 2.06. The van der Waals surface area contributed by atoms with Gasteiger partial charge in [-0.15, -0.1) is 0 Å². The first kappa shape index (κ1) is 14.2. The Morgan fingerprint density at radius 3 is 2.89 bits per heavy atom. The SMILES string of the molecule is COc1nc(NC(C=CN)=NC(C)C)ncc1Cl. The fraction of sp³-hybridized carbons (Fsp3) is 0.364. The van der Waals surface area contributed by atoms with Crippen molar-refractivity contribution in [1.29, 1.82) is 0 Å². The van der Waals surface area contributed by atoms with E-state index in [1.54, 1.807) is 6.08 Å². The fourth-order valence-electron chi connectivity index (χ4n) is 1.16. The number of nitrogens with two attached hydrogens (primary N) is 1. The molecule has 0 aliphatic rings. The Morgan fingerprint density at radius 1 is 1.61 bits per heavy atom. The second-order valence-corrected chi connectivity index (χ2v) is 4.05. The normalized spacial score (nSPS) is 12.2. The second-order valence-electron chi connectivity index (χ2n) is 3.64. The van der Waals surface area contributed by atoms with Crippen LogP contribution in [0.1, 0.15) is 13.8 Å². The van der Waals surface area contributed by atoms with Crippen molar-refractivity contribution in [2.75, 3.05) is 12.4 Å². The molecule has 1 aromatic heterocycles. The topological polar surface area (TPSA) is 85.4 Å². The van der Waals surface area contributed by atoms with Gasteiger partial charge in [0, 0.05) is 6.04 Å². The summed E-state index contributed by atoms with van der Waals surface area (Å²) >= 11 is 5.84. The van der Waals surface area contributed by atoms with Gasteiger partial charge in [-0.3, -0.25) is 4.99 Å². The molecule has 0 saturated heterocycles. The number of halogens is 1. The van der Waals surface area contributed by atoms with Crippen LogP contribution in [0.2, 0.25) is 5.02 Å². The van der Waals surface area contributed by atoms with Gasteiger partial charge in [0.25, 0.3) is 0 Å². The van der Waals surface area contributed by atoms with Crippen LogP contribution in [0.3, 0.4) is 0 Å². The van der Waals surface area contributed by atoms with E-state index >= 15 is 0 Å². The fourth-order valence-corrected chi connectivity index (χ4v) is 1.32. The number of anilines is 1. The third kappa shape index (κ3) is 4.21. The van der Waals surface area contributed by atoms with E-state index in [4.69, 9.17) is 22.1 Å².